The second-order valence-electron chi connectivity index (χ2n) is 5.19. The Labute approximate surface area is 117 Å². The van der Waals surface area contributed by atoms with E-state index in [-0.39, 0.29) is 0 Å². The van der Waals surface area contributed by atoms with Crippen LogP contribution in [-0.4, -0.2) is 27.9 Å². The number of rotatable bonds is 3. The minimum Gasteiger partial charge on any atom is -0.467 e. The Hall–Kier alpha value is -1.56. The second kappa shape index (κ2) is 5.21. The Morgan fingerprint density at radius 2 is 2.47 bits per heavy atom. The molecule has 0 radical (unpaired) electrons. The van der Waals surface area contributed by atoms with Crippen LogP contribution >= 0.6 is 12.2 Å². The molecular weight excluding hydrogens is 260 g/mol. The molecule has 6 heteroatoms. The van der Waals surface area contributed by atoms with E-state index in [4.69, 9.17) is 16.6 Å². The third kappa shape index (κ3) is 2.58. The molecule has 3 rings (SSSR count). The number of anilines is 1. The van der Waals surface area contributed by atoms with Crippen molar-refractivity contribution in [1.29, 1.82) is 0 Å². The first-order chi connectivity index (χ1) is 9.24. The molecule has 102 valence electrons. The number of aromatic nitrogens is 3. The van der Waals surface area contributed by atoms with E-state index in [1.807, 2.05) is 16.7 Å². The van der Waals surface area contributed by atoms with Crippen LogP contribution in [0.4, 0.5) is 5.95 Å². The van der Waals surface area contributed by atoms with Gasteiger partial charge in [-0.2, -0.15) is 0 Å². The minimum absolute atomic E-state index is 0.628. The molecule has 5 nitrogen and oxygen atoms in total. The fourth-order valence-electron chi connectivity index (χ4n) is 2.62. The van der Waals surface area contributed by atoms with Gasteiger partial charge in [-0.1, -0.05) is 6.92 Å². The largest absolute Gasteiger partial charge is 0.467 e. The maximum Gasteiger partial charge on any atom is 0.226 e. The number of piperidine rings is 1. The maximum atomic E-state index is 5.40. The van der Waals surface area contributed by atoms with E-state index in [0.717, 1.165) is 24.8 Å². The topological polar surface area (TPSA) is 50.0 Å². The highest BCUT2D eigenvalue weighted by molar-refractivity contribution is 7.71. The predicted molar refractivity (Wildman–Crippen MR) is 75.8 cm³/mol. The number of hydrogen-bond acceptors (Lipinski definition) is 4. The molecule has 0 aromatic carbocycles. The zero-order chi connectivity index (χ0) is 13.2. The zero-order valence-electron chi connectivity index (χ0n) is 11.0. The minimum atomic E-state index is 0.628. The summed E-state index contributed by atoms with van der Waals surface area (Å²) in [6, 6.07) is 3.85. The van der Waals surface area contributed by atoms with E-state index in [1.54, 1.807) is 6.26 Å². The summed E-state index contributed by atoms with van der Waals surface area (Å²) in [7, 11) is 0. The Bertz CT molecular complexity index is 586. The average molecular weight is 278 g/mol. The summed E-state index contributed by atoms with van der Waals surface area (Å²) < 4.78 is 8.05. The van der Waals surface area contributed by atoms with Gasteiger partial charge in [-0.3, -0.25) is 4.57 Å². The highest BCUT2D eigenvalue weighted by atomic mass is 32.1. The first-order valence-electron chi connectivity index (χ1n) is 6.66. The van der Waals surface area contributed by atoms with Gasteiger partial charge >= 0.3 is 0 Å². The lowest BCUT2D eigenvalue weighted by Crippen LogP contribution is -2.36. The number of nitrogens with zero attached hydrogens (tertiary/aromatic N) is 3. The Morgan fingerprint density at radius 1 is 1.58 bits per heavy atom. The third-order valence-electron chi connectivity index (χ3n) is 3.57. The fourth-order valence-corrected chi connectivity index (χ4v) is 2.81. The molecule has 2 aromatic heterocycles. The molecule has 0 bridgehead atoms. The van der Waals surface area contributed by atoms with Gasteiger partial charge in [-0.05, 0) is 43.1 Å². The normalized spacial score (nSPS) is 19.8. The van der Waals surface area contributed by atoms with Crippen LogP contribution in [0.15, 0.2) is 22.8 Å². The molecule has 1 N–H and O–H groups in total. The van der Waals surface area contributed by atoms with Crippen LogP contribution in [-0.2, 0) is 6.54 Å². The monoisotopic (exact) mass is 278 g/mol. The van der Waals surface area contributed by atoms with Crippen molar-refractivity contribution in [3.05, 3.63) is 28.9 Å². The van der Waals surface area contributed by atoms with Crippen LogP contribution in [0.2, 0.25) is 0 Å². The fraction of sp³-hybridized carbons (Fsp3) is 0.538. The Morgan fingerprint density at radius 3 is 3.21 bits per heavy atom. The van der Waals surface area contributed by atoms with Crippen LogP contribution in [0.3, 0.4) is 0 Å². The number of nitrogens with one attached hydrogen (secondary N) is 1. The summed E-state index contributed by atoms with van der Waals surface area (Å²) >= 11 is 5.32. The second-order valence-corrected chi connectivity index (χ2v) is 5.57. The summed E-state index contributed by atoms with van der Waals surface area (Å²) in [4.78, 5) is 2.31. The van der Waals surface area contributed by atoms with Gasteiger partial charge in [0.25, 0.3) is 0 Å². The smallest absolute Gasteiger partial charge is 0.226 e. The molecule has 1 saturated heterocycles. The molecule has 1 atom stereocenters. The Balaban J connectivity index is 1.87. The summed E-state index contributed by atoms with van der Waals surface area (Å²) in [5.41, 5.74) is 0. The van der Waals surface area contributed by atoms with Gasteiger partial charge in [0.1, 0.15) is 5.76 Å². The van der Waals surface area contributed by atoms with E-state index >= 15 is 0 Å². The van der Waals surface area contributed by atoms with Gasteiger partial charge in [-0.25, -0.2) is 5.10 Å². The van der Waals surface area contributed by atoms with E-state index in [2.05, 4.69) is 22.0 Å². The van der Waals surface area contributed by atoms with E-state index in [9.17, 15) is 0 Å². The SMILES string of the molecule is C[C@@H]1CCCN(c2n[nH]c(=S)n2Cc2ccco2)C1. The van der Waals surface area contributed by atoms with Crippen molar-refractivity contribution < 1.29 is 4.42 Å². The van der Waals surface area contributed by atoms with Crippen LogP contribution in [0.25, 0.3) is 0 Å². The summed E-state index contributed by atoms with van der Waals surface area (Å²) in [6.07, 6.45) is 4.18. The number of furan rings is 1. The number of H-pyrrole nitrogens is 1. The average Bonchev–Trinajstić information content (AvgIpc) is 3.01. The lowest BCUT2D eigenvalue weighted by atomic mass is 10.0. The molecule has 19 heavy (non-hydrogen) atoms. The molecular formula is C13H18N4OS. The summed E-state index contributed by atoms with van der Waals surface area (Å²) in [5.74, 6) is 2.52. The zero-order valence-corrected chi connectivity index (χ0v) is 11.8. The van der Waals surface area contributed by atoms with Gasteiger partial charge in [0, 0.05) is 13.1 Å². The highest BCUT2D eigenvalue weighted by Crippen LogP contribution is 2.22. The number of hydrogen-bond donors (Lipinski definition) is 1. The lowest BCUT2D eigenvalue weighted by molar-refractivity contribution is 0.434. The van der Waals surface area contributed by atoms with Crippen LogP contribution < -0.4 is 4.90 Å². The van der Waals surface area contributed by atoms with E-state index in [1.165, 1.54) is 12.8 Å². The van der Waals surface area contributed by atoms with Crippen LogP contribution in [0.5, 0.6) is 0 Å². The molecule has 2 aromatic rings. The van der Waals surface area contributed by atoms with Crippen molar-refractivity contribution in [2.45, 2.75) is 26.3 Å². The first-order valence-corrected chi connectivity index (χ1v) is 7.07. The number of aromatic amines is 1. The molecule has 1 fully saturated rings. The predicted octanol–water partition coefficient (Wildman–Crippen LogP) is 2.82. The van der Waals surface area contributed by atoms with Crippen molar-refractivity contribution in [2.75, 3.05) is 18.0 Å². The standard InChI is InChI=1S/C13H18N4OS/c1-10-4-2-6-16(8-10)12-14-15-13(19)17(12)9-11-5-3-7-18-11/h3,5,7,10H,2,4,6,8-9H2,1H3,(H,15,19)/t10-/m1/s1. The van der Waals surface area contributed by atoms with Gasteiger partial charge in [0.15, 0.2) is 4.77 Å². The van der Waals surface area contributed by atoms with Crippen molar-refractivity contribution in [3.8, 4) is 0 Å². The van der Waals surface area contributed by atoms with Crippen LogP contribution in [0.1, 0.15) is 25.5 Å². The molecule has 3 heterocycles. The lowest BCUT2D eigenvalue weighted by Gasteiger charge is -2.31. The Kier molecular flexibility index (Phi) is 3.42. The van der Waals surface area contributed by atoms with Gasteiger partial charge in [0.05, 0.1) is 12.8 Å². The molecule has 1 aliphatic rings. The molecule has 1 aliphatic heterocycles. The van der Waals surface area contributed by atoms with E-state index in [0.29, 0.717) is 17.2 Å². The molecule has 0 saturated carbocycles. The molecule has 0 unspecified atom stereocenters. The van der Waals surface area contributed by atoms with Crippen molar-refractivity contribution in [2.24, 2.45) is 5.92 Å². The summed E-state index contributed by atoms with van der Waals surface area (Å²) in [5, 5.41) is 7.28. The van der Waals surface area contributed by atoms with Gasteiger partial charge in [-0.15, -0.1) is 5.10 Å². The molecule has 0 aliphatic carbocycles. The van der Waals surface area contributed by atoms with Crippen molar-refractivity contribution >= 4 is 18.2 Å². The first kappa shape index (κ1) is 12.5. The third-order valence-corrected chi connectivity index (χ3v) is 3.88. The molecule has 0 amide bonds. The quantitative estimate of drug-likeness (QED) is 0.877. The van der Waals surface area contributed by atoms with Crippen molar-refractivity contribution in [3.63, 3.8) is 0 Å². The van der Waals surface area contributed by atoms with Gasteiger partial charge < -0.3 is 9.32 Å². The van der Waals surface area contributed by atoms with Gasteiger partial charge in [0.2, 0.25) is 5.95 Å². The highest BCUT2D eigenvalue weighted by Gasteiger charge is 2.21. The van der Waals surface area contributed by atoms with Crippen LogP contribution in [0, 0.1) is 10.7 Å². The van der Waals surface area contributed by atoms with Crippen molar-refractivity contribution in [1.82, 2.24) is 14.8 Å². The molecule has 0 spiro atoms. The maximum absolute atomic E-state index is 5.40. The van der Waals surface area contributed by atoms with E-state index < -0.39 is 0 Å². The summed E-state index contributed by atoms with van der Waals surface area (Å²) in [6.45, 7) is 4.99.